The second-order valence-electron chi connectivity index (χ2n) is 8.72. The maximum atomic E-state index is 16.6. The van der Waals surface area contributed by atoms with Crippen LogP contribution in [-0.2, 0) is 12.8 Å². The Morgan fingerprint density at radius 3 is 2.57 bits per heavy atom. The van der Waals surface area contributed by atoms with E-state index in [-0.39, 0.29) is 36.8 Å². The first kappa shape index (κ1) is 26.8. The molecule has 0 aliphatic heterocycles. The molecule has 0 atom stereocenters. The molecule has 2 aromatic heterocycles. The van der Waals surface area contributed by atoms with E-state index in [1.165, 1.54) is 12.1 Å². The summed E-state index contributed by atoms with van der Waals surface area (Å²) in [6, 6.07) is 4.75. The van der Waals surface area contributed by atoms with Gasteiger partial charge >= 0.3 is 0 Å². The van der Waals surface area contributed by atoms with E-state index in [2.05, 4.69) is 23.4 Å². The fourth-order valence-corrected chi connectivity index (χ4v) is 6.02. The number of anilines is 2. The van der Waals surface area contributed by atoms with Crippen molar-refractivity contribution in [3.8, 4) is 17.2 Å². The summed E-state index contributed by atoms with van der Waals surface area (Å²) in [5.41, 5.74) is 7.38. The van der Waals surface area contributed by atoms with Gasteiger partial charge in [-0.3, -0.25) is 0 Å². The summed E-state index contributed by atoms with van der Waals surface area (Å²) in [6.07, 6.45) is 4.72. The van der Waals surface area contributed by atoms with Crippen molar-refractivity contribution in [2.24, 2.45) is 0 Å². The van der Waals surface area contributed by atoms with Gasteiger partial charge in [0.15, 0.2) is 5.82 Å². The lowest BCUT2D eigenvalue weighted by atomic mass is 9.93. The average Bonchev–Trinajstić information content (AvgIpc) is 3.24. The molecule has 0 aliphatic rings. The van der Waals surface area contributed by atoms with Gasteiger partial charge in [-0.05, 0) is 30.0 Å². The molecule has 0 bridgehead atoms. The molecule has 0 amide bonds. The zero-order chi connectivity index (χ0) is 26.9. The van der Waals surface area contributed by atoms with Crippen LogP contribution in [0, 0.1) is 23.0 Å². The minimum atomic E-state index is -0.633. The Balaban J connectivity index is 2.16. The molecular weight excluding hydrogens is 512 g/mol. The van der Waals surface area contributed by atoms with Crippen LogP contribution in [0.2, 0.25) is 5.02 Å². The van der Waals surface area contributed by atoms with Gasteiger partial charge in [-0.2, -0.15) is 5.26 Å². The van der Waals surface area contributed by atoms with Crippen LogP contribution in [0.5, 0.6) is 0 Å². The molecule has 2 N–H and O–H groups in total. The third-order valence-corrected chi connectivity index (χ3v) is 7.89. The summed E-state index contributed by atoms with van der Waals surface area (Å²) in [5.74, 6) is -0.0322. The summed E-state index contributed by atoms with van der Waals surface area (Å²) >= 11 is 7.93. The van der Waals surface area contributed by atoms with Crippen LogP contribution in [0.15, 0.2) is 24.8 Å². The van der Waals surface area contributed by atoms with Gasteiger partial charge in [0.05, 0.1) is 20.7 Å². The first-order valence-corrected chi connectivity index (χ1v) is 13.5. The van der Waals surface area contributed by atoms with E-state index in [4.69, 9.17) is 22.3 Å². The number of hydrogen-bond donors (Lipinski definition) is 1. The number of thiophene rings is 1. The van der Waals surface area contributed by atoms with Crippen molar-refractivity contribution < 1.29 is 8.78 Å². The molecule has 2 heterocycles. The van der Waals surface area contributed by atoms with E-state index in [9.17, 15) is 9.65 Å². The van der Waals surface area contributed by atoms with Crippen molar-refractivity contribution in [2.75, 3.05) is 23.7 Å². The van der Waals surface area contributed by atoms with Crippen LogP contribution < -0.4 is 10.6 Å². The molecule has 192 valence electrons. The monoisotopic (exact) mass is 539 g/mol. The van der Waals surface area contributed by atoms with Gasteiger partial charge in [0.2, 0.25) is 0 Å². The van der Waals surface area contributed by atoms with Crippen LogP contribution in [0.25, 0.3) is 32.1 Å². The molecule has 0 saturated heterocycles. The predicted molar refractivity (Wildman–Crippen MR) is 150 cm³/mol. The zero-order valence-corrected chi connectivity index (χ0v) is 22.7. The first-order valence-electron chi connectivity index (χ1n) is 12.3. The fraction of sp³-hybridized carbons (Fsp3) is 0.321. The number of benzene rings is 2. The Morgan fingerprint density at radius 1 is 1.19 bits per heavy atom. The van der Waals surface area contributed by atoms with Crippen LogP contribution in [0.4, 0.5) is 19.6 Å². The van der Waals surface area contributed by atoms with Gasteiger partial charge in [-0.15, -0.1) is 17.9 Å². The normalized spacial score (nSPS) is 11.3. The molecule has 0 fully saturated rings. The Morgan fingerprint density at radius 2 is 1.95 bits per heavy atom. The lowest BCUT2D eigenvalue weighted by Crippen LogP contribution is -2.26. The first-order chi connectivity index (χ1) is 17.8. The number of halogens is 3. The second kappa shape index (κ2) is 11.0. The van der Waals surface area contributed by atoms with Crippen molar-refractivity contribution in [1.82, 2.24) is 9.97 Å². The number of unbranched alkanes of at least 4 members (excludes halogenated alkanes) is 1. The SMILES string of the molecule is C=CCN(CCCC)c1nc(CC)nc2c(F)c(-c3ccc(F)c4sc(N)c(C#N)c34)c(Cl)c(CC)c12. The number of hydrogen-bond acceptors (Lipinski definition) is 6. The molecule has 0 radical (unpaired) electrons. The number of aryl methyl sites for hydroxylation is 2. The van der Waals surface area contributed by atoms with Crippen molar-refractivity contribution >= 4 is 54.7 Å². The van der Waals surface area contributed by atoms with E-state index >= 15 is 4.39 Å². The van der Waals surface area contributed by atoms with Crippen LogP contribution in [0.1, 0.15) is 50.6 Å². The molecule has 9 heteroatoms. The smallest absolute Gasteiger partial charge is 0.158 e. The van der Waals surface area contributed by atoms with Gasteiger partial charge in [0, 0.05) is 30.5 Å². The molecule has 2 aromatic carbocycles. The van der Waals surface area contributed by atoms with Crippen molar-refractivity contribution in [2.45, 2.75) is 46.5 Å². The van der Waals surface area contributed by atoms with Crippen LogP contribution >= 0.6 is 22.9 Å². The topological polar surface area (TPSA) is 78.8 Å². The molecule has 0 unspecified atom stereocenters. The standard InChI is InChI=1S/C28H28ClF2N5S/c1-5-9-13-36(12-6-2)28-22-15(7-3)23(29)21(24(31)25(22)34-19(8-4)35-28)16-10-11-18(30)26-20(16)17(14-32)27(33)37-26/h6,10-11H,2,5,7-9,12-13,33H2,1,3-4H3. The summed E-state index contributed by atoms with van der Waals surface area (Å²) in [5, 5.41) is 10.9. The molecule has 0 aliphatic carbocycles. The van der Waals surface area contributed by atoms with Gasteiger partial charge in [-0.1, -0.05) is 50.9 Å². The highest BCUT2D eigenvalue weighted by atomic mass is 35.5. The largest absolute Gasteiger partial charge is 0.389 e. The number of fused-ring (bicyclic) bond motifs is 2. The van der Waals surface area contributed by atoms with Gasteiger partial charge in [-0.25, -0.2) is 18.7 Å². The molecule has 37 heavy (non-hydrogen) atoms. The van der Waals surface area contributed by atoms with Crippen molar-refractivity contribution in [1.29, 1.82) is 5.26 Å². The number of nitriles is 1. The molecule has 4 aromatic rings. The summed E-state index contributed by atoms with van der Waals surface area (Å²) in [7, 11) is 0. The van der Waals surface area contributed by atoms with E-state index < -0.39 is 11.6 Å². The molecule has 0 saturated carbocycles. The van der Waals surface area contributed by atoms with E-state index in [1.54, 1.807) is 6.08 Å². The maximum Gasteiger partial charge on any atom is 0.158 e. The minimum Gasteiger partial charge on any atom is -0.389 e. The number of rotatable bonds is 9. The van der Waals surface area contributed by atoms with Crippen LogP contribution in [-0.4, -0.2) is 23.1 Å². The number of nitrogens with zero attached hydrogens (tertiary/aromatic N) is 4. The lowest BCUT2D eigenvalue weighted by molar-refractivity contribution is 0.636. The number of nitrogen functional groups attached to an aromatic ring is 1. The lowest BCUT2D eigenvalue weighted by Gasteiger charge is -2.26. The van der Waals surface area contributed by atoms with E-state index in [1.807, 2.05) is 19.9 Å². The van der Waals surface area contributed by atoms with Crippen molar-refractivity contribution in [3.63, 3.8) is 0 Å². The Labute approximate surface area is 224 Å². The predicted octanol–water partition coefficient (Wildman–Crippen LogP) is 7.81. The molecule has 5 nitrogen and oxygen atoms in total. The molecular formula is C28H28ClF2N5S. The van der Waals surface area contributed by atoms with E-state index in [0.29, 0.717) is 47.5 Å². The summed E-state index contributed by atoms with van der Waals surface area (Å²) in [6.45, 7) is 11.1. The fourth-order valence-electron chi connectivity index (χ4n) is 4.66. The highest BCUT2D eigenvalue weighted by Crippen LogP contribution is 2.47. The third kappa shape index (κ3) is 4.51. The van der Waals surface area contributed by atoms with Crippen molar-refractivity contribution in [3.05, 3.63) is 58.4 Å². The third-order valence-electron chi connectivity index (χ3n) is 6.45. The molecule has 4 rings (SSSR count). The summed E-state index contributed by atoms with van der Waals surface area (Å²) in [4.78, 5) is 11.5. The highest BCUT2D eigenvalue weighted by molar-refractivity contribution is 7.23. The van der Waals surface area contributed by atoms with Gasteiger partial charge in [0.1, 0.15) is 34.0 Å². The Bertz CT molecular complexity index is 1560. The average molecular weight is 540 g/mol. The Kier molecular flexibility index (Phi) is 7.96. The Hall–Kier alpha value is -3.28. The summed E-state index contributed by atoms with van der Waals surface area (Å²) < 4.78 is 31.5. The quantitative estimate of drug-likeness (QED) is 0.219. The van der Waals surface area contributed by atoms with Gasteiger partial charge in [0.25, 0.3) is 0 Å². The van der Waals surface area contributed by atoms with Gasteiger partial charge < -0.3 is 10.6 Å². The maximum absolute atomic E-state index is 16.6. The zero-order valence-electron chi connectivity index (χ0n) is 21.1. The number of aromatic nitrogens is 2. The number of nitrogens with two attached hydrogens (primary N) is 1. The molecule has 0 spiro atoms. The van der Waals surface area contributed by atoms with Crippen LogP contribution in [0.3, 0.4) is 0 Å². The minimum absolute atomic E-state index is 0.0841. The van der Waals surface area contributed by atoms with E-state index in [0.717, 1.165) is 30.7 Å². The highest BCUT2D eigenvalue weighted by Gasteiger charge is 2.28. The second-order valence-corrected chi connectivity index (χ2v) is 10.1.